The van der Waals surface area contributed by atoms with Crippen molar-refractivity contribution in [2.24, 2.45) is 11.3 Å². The quantitative estimate of drug-likeness (QED) is 0.883. The molecule has 0 bridgehead atoms. The lowest BCUT2D eigenvalue weighted by Gasteiger charge is -2.43. The van der Waals surface area contributed by atoms with Crippen LogP contribution in [0.1, 0.15) is 65.0 Å². The van der Waals surface area contributed by atoms with Gasteiger partial charge in [-0.1, -0.05) is 34.1 Å². The predicted molar refractivity (Wildman–Crippen MR) is 84.9 cm³/mol. The number of likely N-dealkylation sites (N-methyl/N-ethyl adjacent to an activating group) is 1. The average Bonchev–Trinajstić information content (AvgIpc) is 2.86. The summed E-state index contributed by atoms with van der Waals surface area (Å²) in [5.74, 6) is 0.803. The van der Waals surface area contributed by atoms with E-state index in [1.54, 1.807) is 0 Å². The highest BCUT2D eigenvalue weighted by atomic mass is 15.3. The van der Waals surface area contributed by atoms with Crippen LogP contribution in [0.4, 0.5) is 0 Å². The summed E-state index contributed by atoms with van der Waals surface area (Å²) in [6.07, 6.45) is 9.31. The summed E-state index contributed by atoms with van der Waals surface area (Å²) in [7, 11) is 0. The Kier molecular flexibility index (Phi) is 4.90. The number of nitrogens with zero attached hydrogens (tertiary/aromatic N) is 2. The van der Waals surface area contributed by atoms with Gasteiger partial charge in [-0.3, -0.25) is 4.68 Å². The molecule has 1 aliphatic rings. The van der Waals surface area contributed by atoms with Crippen LogP contribution in [0.2, 0.25) is 0 Å². The van der Waals surface area contributed by atoms with Gasteiger partial charge >= 0.3 is 0 Å². The summed E-state index contributed by atoms with van der Waals surface area (Å²) in [5, 5.41) is 8.26. The van der Waals surface area contributed by atoms with Gasteiger partial charge in [-0.2, -0.15) is 5.10 Å². The van der Waals surface area contributed by atoms with Crippen molar-refractivity contribution in [1.29, 1.82) is 0 Å². The molecule has 1 heterocycles. The second kappa shape index (κ2) is 6.30. The number of hydrogen-bond acceptors (Lipinski definition) is 2. The molecule has 0 aliphatic heterocycles. The summed E-state index contributed by atoms with van der Waals surface area (Å²) >= 11 is 0. The highest BCUT2D eigenvalue weighted by Gasteiger charge is 2.37. The van der Waals surface area contributed by atoms with E-state index in [4.69, 9.17) is 0 Å². The highest BCUT2D eigenvalue weighted by Crippen LogP contribution is 2.43. The normalized spacial score (nSPS) is 27.8. The Morgan fingerprint density at radius 1 is 1.35 bits per heavy atom. The SMILES string of the molecule is CCNC1CCC(C(C)(C)CC)CC1n1cc(C)cn1. The second-order valence-electron chi connectivity index (χ2n) is 7.08. The van der Waals surface area contributed by atoms with Crippen LogP contribution >= 0.6 is 0 Å². The molecule has 1 aromatic heterocycles. The fraction of sp³-hybridized carbons (Fsp3) is 0.824. The van der Waals surface area contributed by atoms with Gasteiger partial charge in [0.05, 0.1) is 12.2 Å². The first-order valence-electron chi connectivity index (χ1n) is 8.22. The molecule has 0 aromatic carbocycles. The smallest absolute Gasteiger partial charge is 0.0675 e. The zero-order valence-electron chi connectivity index (χ0n) is 13.8. The molecule has 1 fully saturated rings. The van der Waals surface area contributed by atoms with Crippen LogP contribution in [0.5, 0.6) is 0 Å². The molecule has 3 unspecified atom stereocenters. The maximum atomic E-state index is 4.59. The number of aromatic nitrogens is 2. The third kappa shape index (κ3) is 3.25. The molecule has 114 valence electrons. The molecule has 20 heavy (non-hydrogen) atoms. The van der Waals surface area contributed by atoms with E-state index in [0.717, 1.165) is 12.5 Å². The Balaban J connectivity index is 2.18. The molecule has 0 saturated heterocycles. The Morgan fingerprint density at radius 2 is 2.10 bits per heavy atom. The standard InChI is InChI=1S/C17H31N3/c1-6-17(4,5)14-8-9-15(18-7-2)16(10-14)20-12-13(3)11-19-20/h11-12,14-16,18H,6-10H2,1-5H3. The maximum absolute atomic E-state index is 4.59. The van der Waals surface area contributed by atoms with Crippen LogP contribution in [0.15, 0.2) is 12.4 Å². The van der Waals surface area contributed by atoms with Crippen molar-refractivity contribution in [3.8, 4) is 0 Å². The molecule has 3 atom stereocenters. The fourth-order valence-electron chi connectivity index (χ4n) is 3.55. The number of nitrogens with one attached hydrogen (secondary N) is 1. The van der Waals surface area contributed by atoms with Gasteiger partial charge in [-0.25, -0.2) is 0 Å². The third-order valence-corrected chi connectivity index (χ3v) is 5.37. The summed E-state index contributed by atoms with van der Waals surface area (Å²) in [4.78, 5) is 0. The molecule has 1 saturated carbocycles. The van der Waals surface area contributed by atoms with Gasteiger partial charge in [0.2, 0.25) is 0 Å². The molecule has 0 amide bonds. The van der Waals surface area contributed by atoms with Gasteiger partial charge in [0.25, 0.3) is 0 Å². The minimum absolute atomic E-state index is 0.442. The lowest BCUT2D eigenvalue weighted by Crippen LogP contribution is -2.44. The summed E-state index contributed by atoms with van der Waals surface area (Å²) in [6.45, 7) is 12.6. The van der Waals surface area contributed by atoms with Crippen molar-refractivity contribution >= 4 is 0 Å². The number of rotatable bonds is 5. The minimum atomic E-state index is 0.442. The van der Waals surface area contributed by atoms with Gasteiger partial charge < -0.3 is 5.32 Å². The Hall–Kier alpha value is -0.830. The summed E-state index contributed by atoms with van der Waals surface area (Å²) in [5.41, 5.74) is 1.70. The van der Waals surface area contributed by atoms with E-state index < -0.39 is 0 Å². The first kappa shape index (κ1) is 15.6. The van der Waals surface area contributed by atoms with E-state index in [-0.39, 0.29) is 0 Å². The molecule has 0 spiro atoms. The van der Waals surface area contributed by atoms with E-state index in [1.807, 2.05) is 6.20 Å². The van der Waals surface area contributed by atoms with E-state index in [1.165, 1.54) is 31.2 Å². The van der Waals surface area contributed by atoms with Gasteiger partial charge in [0.1, 0.15) is 0 Å². The highest BCUT2D eigenvalue weighted by molar-refractivity contribution is 5.03. The van der Waals surface area contributed by atoms with E-state index in [9.17, 15) is 0 Å². The Bertz CT molecular complexity index is 422. The van der Waals surface area contributed by atoms with Crippen LogP contribution in [0.3, 0.4) is 0 Å². The van der Waals surface area contributed by atoms with E-state index in [0.29, 0.717) is 17.5 Å². The van der Waals surface area contributed by atoms with Crippen molar-refractivity contribution in [1.82, 2.24) is 15.1 Å². The zero-order valence-corrected chi connectivity index (χ0v) is 13.8. The lowest BCUT2D eigenvalue weighted by molar-refractivity contribution is 0.0966. The molecular weight excluding hydrogens is 246 g/mol. The van der Waals surface area contributed by atoms with Crippen LogP contribution < -0.4 is 5.32 Å². The number of aryl methyl sites for hydroxylation is 1. The second-order valence-corrected chi connectivity index (χ2v) is 7.08. The number of hydrogen-bond donors (Lipinski definition) is 1. The third-order valence-electron chi connectivity index (χ3n) is 5.37. The van der Waals surface area contributed by atoms with Crippen molar-refractivity contribution in [2.75, 3.05) is 6.54 Å². The topological polar surface area (TPSA) is 29.9 Å². The van der Waals surface area contributed by atoms with Gasteiger partial charge in [-0.15, -0.1) is 0 Å². The molecule has 1 aromatic rings. The molecule has 1 aliphatic carbocycles. The summed E-state index contributed by atoms with van der Waals surface area (Å²) in [6, 6.07) is 1.08. The molecular formula is C17H31N3. The largest absolute Gasteiger partial charge is 0.312 e. The van der Waals surface area contributed by atoms with Gasteiger partial charge in [-0.05, 0) is 49.6 Å². The Morgan fingerprint density at radius 3 is 2.65 bits per heavy atom. The maximum Gasteiger partial charge on any atom is 0.0675 e. The van der Waals surface area contributed by atoms with Gasteiger partial charge in [0.15, 0.2) is 0 Å². The van der Waals surface area contributed by atoms with Crippen LogP contribution in [-0.2, 0) is 0 Å². The fourth-order valence-corrected chi connectivity index (χ4v) is 3.55. The van der Waals surface area contributed by atoms with Crippen molar-refractivity contribution < 1.29 is 0 Å². The minimum Gasteiger partial charge on any atom is -0.312 e. The molecule has 3 nitrogen and oxygen atoms in total. The van der Waals surface area contributed by atoms with E-state index >= 15 is 0 Å². The van der Waals surface area contributed by atoms with Crippen LogP contribution in [-0.4, -0.2) is 22.4 Å². The van der Waals surface area contributed by atoms with Crippen molar-refractivity contribution in [3.05, 3.63) is 18.0 Å². The Labute approximate surface area is 124 Å². The first-order chi connectivity index (χ1) is 9.47. The molecule has 0 radical (unpaired) electrons. The van der Waals surface area contributed by atoms with Crippen LogP contribution in [0, 0.1) is 18.3 Å². The zero-order chi connectivity index (χ0) is 14.8. The first-order valence-corrected chi connectivity index (χ1v) is 8.22. The molecule has 3 heteroatoms. The average molecular weight is 277 g/mol. The molecule has 1 N–H and O–H groups in total. The van der Waals surface area contributed by atoms with Gasteiger partial charge in [0, 0.05) is 12.2 Å². The summed E-state index contributed by atoms with van der Waals surface area (Å²) < 4.78 is 2.21. The van der Waals surface area contributed by atoms with Crippen molar-refractivity contribution in [2.45, 2.75) is 72.4 Å². The predicted octanol–water partition coefficient (Wildman–Crippen LogP) is 3.95. The molecule has 2 rings (SSSR count). The van der Waals surface area contributed by atoms with Crippen LogP contribution in [0.25, 0.3) is 0 Å². The van der Waals surface area contributed by atoms with E-state index in [2.05, 4.69) is 55.9 Å². The monoisotopic (exact) mass is 277 g/mol. The lowest BCUT2D eigenvalue weighted by atomic mass is 9.67. The van der Waals surface area contributed by atoms with Crippen molar-refractivity contribution in [3.63, 3.8) is 0 Å².